The maximum Gasteiger partial charge on any atom is 0.0515 e. The first-order chi connectivity index (χ1) is 8.43. The average Bonchev–Trinajstić information content (AvgIpc) is 2.75. The predicted octanol–water partition coefficient (Wildman–Crippen LogP) is 2.77. The molecule has 2 heteroatoms. The summed E-state index contributed by atoms with van der Waals surface area (Å²) in [5.41, 5.74) is 2.83. The van der Waals surface area contributed by atoms with Gasteiger partial charge in [-0.2, -0.15) is 0 Å². The van der Waals surface area contributed by atoms with Crippen molar-refractivity contribution >= 4 is 0 Å². The van der Waals surface area contributed by atoms with Crippen molar-refractivity contribution in [2.45, 2.75) is 25.4 Å². The first-order valence-corrected chi connectivity index (χ1v) is 6.36. The molecule has 0 bridgehead atoms. The second-order valence-corrected chi connectivity index (χ2v) is 4.68. The molecule has 1 atom stereocenters. The van der Waals surface area contributed by atoms with Crippen LogP contribution in [0.15, 0.2) is 48.7 Å². The second kappa shape index (κ2) is 4.76. The Balaban J connectivity index is 1.84. The molecule has 0 radical (unpaired) electrons. The van der Waals surface area contributed by atoms with Crippen LogP contribution in [-0.4, -0.2) is 11.1 Å². The van der Waals surface area contributed by atoms with Crippen LogP contribution in [-0.2, 0) is 13.0 Å². The van der Waals surface area contributed by atoms with Gasteiger partial charge < -0.3 is 9.88 Å². The zero-order valence-electron chi connectivity index (χ0n) is 9.97. The van der Waals surface area contributed by atoms with Gasteiger partial charge in [0.05, 0.1) is 6.04 Å². The molecule has 0 amide bonds. The zero-order valence-corrected chi connectivity index (χ0v) is 9.97. The molecule has 1 aliphatic heterocycles. The van der Waals surface area contributed by atoms with Crippen LogP contribution in [0.4, 0.5) is 0 Å². The van der Waals surface area contributed by atoms with Gasteiger partial charge in [-0.15, -0.1) is 0 Å². The maximum absolute atomic E-state index is 3.65. The van der Waals surface area contributed by atoms with E-state index in [9.17, 15) is 0 Å². The Labute approximate surface area is 102 Å². The summed E-state index contributed by atoms with van der Waals surface area (Å²) in [7, 11) is 0. The van der Waals surface area contributed by atoms with Gasteiger partial charge in [-0.25, -0.2) is 0 Å². The van der Waals surface area contributed by atoms with Gasteiger partial charge in [0.1, 0.15) is 0 Å². The summed E-state index contributed by atoms with van der Waals surface area (Å²) in [4.78, 5) is 0. The minimum absolute atomic E-state index is 0.454. The van der Waals surface area contributed by atoms with Crippen LogP contribution in [0.25, 0.3) is 0 Å². The van der Waals surface area contributed by atoms with Crippen LogP contribution in [0.5, 0.6) is 0 Å². The van der Waals surface area contributed by atoms with Gasteiger partial charge in [0.15, 0.2) is 0 Å². The molecule has 0 aliphatic carbocycles. The van der Waals surface area contributed by atoms with E-state index < -0.39 is 0 Å². The van der Waals surface area contributed by atoms with Gasteiger partial charge in [0.2, 0.25) is 0 Å². The van der Waals surface area contributed by atoms with Crippen molar-refractivity contribution in [2.75, 3.05) is 6.54 Å². The molecule has 2 heterocycles. The summed E-state index contributed by atoms with van der Waals surface area (Å²) in [6.07, 6.45) is 4.48. The van der Waals surface area contributed by atoms with Gasteiger partial charge in [0.25, 0.3) is 0 Å². The Kier molecular flexibility index (Phi) is 2.97. The van der Waals surface area contributed by atoms with Gasteiger partial charge in [0, 0.05) is 18.4 Å². The Hall–Kier alpha value is -1.54. The molecule has 88 valence electrons. The zero-order chi connectivity index (χ0) is 11.5. The summed E-state index contributed by atoms with van der Waals surface area (Å²) in [5, 5.41) is 3.65. The highest BCUT2D eigenvalue weighted by Crippen LogP contribution is 2.21. The fourth-order valence-corrected chi connectivity index (χ4v) is 2.60. The highest BCUT2D eigenvalue weighted by molar-refractivity contribution is 5.21. The number of hydrogen-bond donors (Lipinski definition) is 1. The van der Waals surface area contributed by atoms with Crippen LogP contribution >= 0.6 is 0 Å². The standard InChI is InChI=1S/C15H18N2/c1-2-6-13(7-3-1)12-14-15-8-4-10-17(15)11-5-9-16-14/h1-4,6-8,10,14,16H,5,9,11-12H2. The van der Waals surface area contributed by atoms with Gasteiger partial charge in [-0.3, -0.25) is 0 Å². The summed E-state index contributed by atoms with van der Waals surface area (Å²) in [6.45, 7) is 2.25. The van der Waals surface area contributed by atoms with Crippen molar-refractivity contribution in [3.05, 3.63) is 59.9 Å². The normalized spacial score (nSPS) is 19.6. The number of hydrogen-bond acceptors (Lipinski definition) is 1. The Morgan fingerprint density at radius 2 is 2.00 bits per heavy atom. The molecule has 0 spiro atoms. The van der Waals surface area contributed by atoms with Crippen molar-refractivity contribution in [1.29, 1.82) is 0 Å². The van der Waals surface area contributed by atoms with E-state index in [0.717, 1.165) is 19.5 Å². The monoisotopic (exact) mass is 226 g/mol. The quantitative estimate of drug-likeness (QED) is 0.833. The molecule has 2 aromatic rings. The molecule has 1 aromatic carbocycles. The fourth-order valence-electron chi connectivity index (χ4n) is 2.60. The second-order valence-electron chi connectivity index (χ2n) is 4.68. The minimum Gasteiger partial charge on any atom is -0.350 e. The molecule has 0 fully saturated rings. The Morgan fingerprint density at radius 3 is 2.88 bits per heavy atom. The number of nitrogens with zero attached hydrogens (tertiary/aromatic N) is 1. The number of nitrogens with one attached hydrogen (secondary N) is 1. The Bertz CT molecular complexity index is 473. The van der Waals surface area contributed by atoms with Crippen molar-refractivity contribution in [1.82, 2.24) is 9.88 Å². The van der Waals surface area contributed by atoms with Gasteiger partial charge in [-0.05, 0) is 37.1 Å². The summed E-state index contributed by atoms with van der Waals surface area (Å²) >= 11 is 0. The average molecular weight is 226 g/mol. The van der Waals surface area contributed by atoms with Crippen LogP contribution in [0.3, 0.4) is 0 Å². The van der Waals surface area contributed by atoms with E-state index in [2.05, 4.69) is 58.5 Å². The first kappa shape index (κ1) is 10.6. The molecule has 1 aromatic heterocycles. The molecule has 0 saturated heterocycles. The molecule has 3 rings (SSSR count). The highest BCUT2D eigenvalue weighted by atomic mass is 15.1. The smallest absolute Gasteiger partial charge is 0.0515 e. The van der Waals surface area contributed by atoms with Crippen molar-refractivity contribution in [2.24, 2.45) is 0 Å². The SMILES string of the molecule is c1ccc(CC2NCCCn3cccc32)cc1. The van der Waals surface area contributed by atoms with E-state index >= 15 is 0 Å². The van der Waals surface area contributed by atoms with Crippen LogP contribution < -0.4 is 5.32 Å². The summed E-state index contributed by atoms with van der Waals surface area (Å²) < 4.78 is 2.38. The van der Waals surface area contributed by atoms with Gasteiger partial charge in [-0.1, -0.05) is 30.3 Å². The third kappa shape index (κ3) is 2.27. The van der Waals surface area contributed by atoms with E-state index in [4.69, 9.17) is 0 Å². The molecule has 2 nitrogen and oxygen atoms in total. The third-order valence-corrected chi connectivity index (χ3v) is 3.47. The van der Waals surface area contributed by atoms with Crippen molar-refractivity contribution in [3.8, 4) is 0 Å². The molecule has 0 saturated carbocycles. The largest absolute Gasteiger partial charge is 0.350 e. The number of rotatable bonds is 2. The summed E-state index contributed by atoms with van der Waals surface area (Å²) in [5.74, 6) is 0. The first-order valence-electron chi connectivity index (χ1n) is 6.36. The fraction of sp³-hybridized carbons (Fsp3) is 0.333. The number of aryl methyl sites for hydroxylation is 1. The molecular formula is C15H18N2. The topological polar surface area (TPSA) is 17.0 Å². The van der Waals surface area contributed by atoms with Crippen LogP contribution in [0, 0.1) is 0 Å². The molecule has 1 N–H and O–H groups in total. The minimum atomic E-state index is 0.454. The number of aromatic nitrogens is 1. The van der Waals surface area contributed by atoms with Crippen molar-refractivity contribution < 1.29 is 0 Å². The molecule has 17 heavy (non-hydrogen) atoms. The van der Waals surface area contributed by atoms with E-state index in [1.807, 2.05) is 0 Å². The van der Waals surface area contributed by atoms with E-state index in [1.54, 1.807) is 0 Å². The van der Waals surface area contributed by atoms with Crippen LogP contribution in [0.2, 0.25) is 0 Å². The predicted molar refractivity (Wildman–Crippen MR) is 69.9 cm³/mol. The van der Waals surface area contributed by atoms with E-state index in [1.165, 1.54) is 17.7 Å². The van der Waals surface area contributed by atoms with E-state index in [-0.39, 0.29) is 0 Å². The van der Waals surface area contributed by atoms with Crippen molar-refractivity contribution in [3.63, 3.8) is 0 Å². The number of benzene rings is 1. The number of fused-ring (bicyclic) bond motifs is 1. The Morgan fingerprint density at radius 1 is 1.12 bits per heavy atom. The maximum atomic E-state index is 3.65. The lowest BCUT2D eigenvalue weighted by Crippen LogP contribution is -2.23. The van der Waals surface area contributed by atoms with Gasteiger partial charge >= 0.3 is 0 Å². The molecular weight excluding hydrogens is 208 g/mol. The lowest BCUT2D eigenvalue weighted by molar-refractivity contribution is 0.538. The van der Waals surface area contributed by atoms with E-state index in [0.29, 0.717) is 6.04 Å². The third-order valence-electron chi connectivity index (χ3n) is 3.47. The molecule has 1 aliphatic rings. The lowest BCUT2D eigenvalue weighted by atomic mass is 10.0. The summed E-state index contributed by atoms with van der Waals surface area (Å²) in [6, 6.07) is 15.6. The van der Waals surface area contributed by atoms with Crippen LogP contribution in [0.1, 0.15) is 23.7 Å². The molecule has 1 unspecified atom stereocenters. The highest BCUT2D eigenvalue weighted by Gasteiger charge is 2.17. The lowest BCUT2D eigenvalue weighted by Gasteiger charge is -2.17.